The van der Waals surface area contributed by atoms with Crippen molar-refractivity contribution >= 4 is 11.9 Å². The maximum absolute atomic E-state index is 12.2. The number of benzene rings is 2. The van der Waals surface area contributed by atoms with Crippen LogP contribution in [-0.4, -0.2) is 26.5 Å². The van der Waals surface area contributed by atoms with Crippen molar-refractivity contribution in [1.82, 2.24) is 20.6 Å². The van der Waals surface area contributed by atoms with E-state index in [1.807, 2.05) is 49.4 Å². The SMILES string of the molecule is Cc1ccc(C(=O)Nc2nn[nH]n2)cc1-c1ccccc1. The van der Waals surface area contributed by atoms with Gasteiger partial charge in [0.1, 0.15) is 0 Å². The number of aromatic amines is 1. The number of aryl methyl sites for hydroxylation is 1. The van der Waals surface area contributed by atoms with Crippen molar-refractivity contribution in [3.8, 4) is 11.1 Å². The molecule has 2 N–H and O–H groups in total. The monoisotopic (exact) mass is 279 g/mol. The number of hydrogen-bond donors (Lipinski definition) is 2. The van der Waals surface area contributed by atoms with Crippen molar-refractivity contribution in [2.75, 3.05) is 5.32 Å². The van der Waals surface area contributed by atoms with Crippen LogP contribution < -0.4 is 5.32 Å². The number of aromatic nitrogens is 4. The molecular formula is C15H13N5O. The Labute approximate surface area is 121 Å². The largest absolute Gasteiger partial charge is 0.288 e. The third kappa shape index (κ3) is 2.79. The quantitative estimate of drug-likeness (QED) is 0.771. The third-order valence-electron chi connectivity index (χ3n) is 3.16. The Morgan fingerprint density at radius 1 is 1.14 bits per heavy atom. The molecule has 0 atom stereocenters. The van der Waals surface area contributed by atoms with E-state index in [0.717, 1.165) is 16.7 Å². The van der Waals surface area contributed by atoms with E-state index in [0.29, 0.717) is 5.56 Å². The van der Waals surface area contributed by atoms with E-state index >= 15 is 0 Å². The first-order valence-electron chi connectivity index (χ1n) is 6.45. The molecule has 6 nitrogen and oxygen atoms in total. The lowest BCUT2D eigenvalue weighted by molar-refractivity contribution is 0.102. The van der Waals surface area contributed by atoms with E-state index < -0.39 is 0 Å². The van der Waals surface area contributed by atoms with Crippen LogP contribution in [0.1, 0.15) is 15.9 Å². The summed E-state index contributed by atoms with van der Waals surface area (Å²) in [5.41, 5.74) is 3.75. The third-order valence-corrected chi connectivity index (χ3v) is 3.16. The van der Waals surface area contributed by atoms with Gasteiger partial charge in [0.15, 0.2) is 0 Å². The van der Waals surface area contributed by atoms with E-state index in [4.69, 9.17) is 0 Å². The molecule has 0 unspecified atom stereocenters. The van der Waals surface area contributed by atoms with Gasteiger partial charge in [-0.3, -0.25) is 10.1 Å². The minimum Gasteiger partial charge on any atom is -0.288 e. The van der Waals surface area contributed by atoms with Crippen LogP contribution in [-0.2, 0) is 0 Å². The summed E-state index contributed by atoms with van der Waals surface area (Å²) in [6.07, 6.45) is 0. The fourth-order valence-electron chi connectivity index (χ4n) is 2.08. The Kier molecular flexibility index (Phi) is 3.42. The molecular weight excluding hydrogens is 266 g/mol. The summed E-state index contributed by atoms with van der Waals surface area (Å²) in [5, 5.41) is 15.7. The molecule has 0 spiro atoms. The highest BCUT2D eigenvalue weighted by Gasteiger charge is 2.11. The molecule has 104 valence electrons. The molecule has 0 saturated heterocycles. The molecule has 0 radical (unpaired) electrons. The second kappa shape index (κ2) is 5.54. The molecule has 0 saturated carbocycles. The second-order valence-electron chi connectivity index (χ2n) is 4.59. The molecule has 0 aliphatic rings. The molecule has 0 fully saturated rings. The van der Waals surface area contributed by atoms with Crippen molar-refractivity contribution < 1.29 is 4.79 Å². The van der Waals surface area contributed by atoms with Gasteiger partial charge in [0.05, 0.1) is 0 Å². The highest BCUT2D eigenvalue weighted by Crippen LogP contribution is 2.24. The maximum atomic E-state index is 12.2. The van der Waals surface area contributed by atoms with Crippen molar-refractivity contribution in [2.45, 2.75) is 6.92 Å². The molecule has 0 bridgehead atoms. The number of rotatable bonds is 3. The normalized spacial score (nSPS) is 10.3. The van der Waals surface area contributed by atoms with Crippen LogP contribution in [0, 0.1) is 6.92 Å². The zero-order valence-corrected chi connectivity index (χ0v) is 11.4. The van der Waals surface area contributed by atoms with Gasteiger partial charge in [-0.15, -0.1) is 5.10 Å². The second-order valence-corrected chi connectivity index (χ2v) is 4.59. The summed E-state index contributed by atoms with van der Waals surface area (Å²) in [6, 6.07) is 15.5. The van der Waals surface area contributed by atoms with Crippen molar-refractivity contribution in [3.63, 3.8) is 0 Å². The van der Waals surface area contributed by atoms with Crippen LogP contribution in [0.4, 0.5) is 5.95 Å². The molecule has 21 heavy (non-hydrogen) atoms. The van der Waals surface area contributed by atoms with Crippen LogP contribution in [0.15, 0.2) is 48.5 Å². The topological polar surface area (TPSA) is 83.6 Å². The summed E-state index contributed by atoms with van der Waals surface area (Å²) >= 11 is 0. The Bertz CT molecular complexity index is 753. The Morgan fingerprint density at radius 3 is 2.67 bits per heavy atom. The molecule has 0 aliphatic carbocycles. The minimum absolute atomic E-state index is 0.154. The van der Waals surface area contributed by atoms with Crippen LogP contribution in [0.5, 0.6) is 0 Å². The first kappa shape index (κ1) is 13.0. The summed E-state index contributed by atoms with van der Waals surface area (Å²) in [5.74, 6) is -0.115. The maximum Gasteiger partial charge on any atom is 0.270 e. The molecule has 0 aliphatic heterocycles. The number of hydrogen-bond acceptors (Lipinski definition) is 4. The first-order chi connectivity index (χ1) is 10.2. The van der Waals surface area contributed by atoms with E-state index in [-0.39, 0.29) is 11.9 Å². The van der Waals surface area contributed by atoms with E-state index in [1.54, 1.807) is 6.07 Å². The Morgan fingerprint density at radius 2 is 1.95 bits per heavy atom. The number of carbonyl (C=O) groups excluding carboxylic acids is 1. The fourth-order valence-corrected chi connectivity index (χ4v) is 2.08. The van der Waals surface area contributed by atoms with Crippen molar-refractivity contribution in [1.29, 1.82) is 0 Å². The smallest absolute Gasteiger partial charge is 0.270 e. The number of amides is 1. The highest BCUT2D eigenvalue weighted by molar-refractivity contribution is 6.04. The predicted octanol–water partition coefficient (Wildman–Crippen LogP) is 2.43. The van der Waals surface area contributed by atoms with Gasteiger partial charge in [0.25, 0.3) is 11.9 Å². The number of nitrogens with zero attached hydrogens (tertiary/aromatic N) is 3. The number of nitrogens with one attached hydrogen (secondary N) is 2. The van der Waals surface area contributed by atoms with Crippen LogP contribution in [0.3, 0.4) is 0 Å². The van der Waals surface area contributed by atoms with Crippen molar-refractivity contribution in [3.05, 3.63) is 59.7 Å². The van der Waals surface area contributed by atoms with E-state index in [1.165, 1.54) is 0 Å². The lowest BCUT2D eigenvalue weighted by atomic mass is 9.98. The Balaban J connectivity index is 1.92. The van der Waals surface area contributed by atoms with Gasteiger partial charge in [-0.1, -0.05) is 41.5 Å². The number of H-pyrrole nitrogens is 1. The molecule has 2 aromatic carbocycles. The standard InChI is InChI=1S/C15H13N5O/c1-10-7-8-12(14(21)16-15-17-19-20-18-15)9-13(10)11-5-3-2-4-6-11/h2-9H,1H3,(H2,16,17,18,19,20,21). The van der Waals surface area contributed by atoms with Gasteiger partial charge in [-0.05, 0) is 41.0 Å². The lowest BCUT2D eigenvalue weighted by Gasteiger charge is -2.08. The number of carbonyl (C=O) groups is 1. The van der Waals surface area contributed by atoms with Gasteiger partial charge in [0, 0.05) is 5.56 Å². The summed E-state index contributed by atoms with van der Waals surface area (Å²) in [6.45, 7) is 2.02. The van der Waals surface area contributed by atoms with Gasteiger partial charge >= 0.3 is 0 Å². The van der Waals surface area contributed by atoms with Gasteiger partial charge < -0.3 is 0 Å². The average Bonchev–Trinajstić information content (AvgIpc) is 3.01. The molecule has 1 aromatic heterocycles. The van der Waals surface area contributed by atoms with Crippen molar-refractivity contribution in [2.24, 2.45) is 0 Å². The summed E-state index contributed by atoms with van der Waals surface area (Å²) < 4.78 is 0. The predicted molar refractivity (Wildman–Crippen MR) is 78.7 cm³/mol. The van der Waals surface area contributed by atoms with Crippen LogP contribution in [0.25, 0.3) is 11.1 Å². The molecule has 3 rings (SSSR count). The zero-order valence-electron chi connectivity index (χ0n) is 11.4. The molecule has 6 heteroatoms. The molecule has 1 amide bonds. The van der Waals surface area contributed by atoms with E-state index in [9.17, 15) is 4.79 Å². The zero-order chi connectivity index (χ0) is 14.7. The lowest BCUT2D eigenvalue weighted by Crippen LogP contribution is -2.13. The van der Waals surface area contributed by atoms with Gasteiger partial charge in [-0.25, -0.2) is 0 Å². The number of tetrazole rings is 1. The van der Waals surface area contributed by atoms with Crippen LogP contribution >= 0.6 is 0 Å². The number of anilines is 1. The summed E-state index contributed by atoms with van der Waals surface area (Å²) in [4.78, 5) is 12.2. The van der Waals surface area contributed by atoms with Crippen LogP contribution in [0.2, 0.25) is 0 Å². The van der Waals surface area contributed by atoms with Gasteiger partial charge in [0.2, 0.25) is 0 Å². The average molecular weight is 279 g/mol. The van der Waals surface area contributed by atoms with Gasteiger partial charge in [-0.2, -0.15) is 5.21 Å². The highest BCUT2D eigenvalue weighted by atomic mass is 16.1. The minimum atomic E-state index is -0.270. The Hall–Kier alpha value is -3.02. The van der Waals surface area contributed by atoms with E-state index in [2.05, 4.69) is 25.9 Å². The molecule has 3 aromatic rings. The molecule has 1 heterocycles. The summed E-state index contributed by atoms with van der Waals surface area (Å²) in [7, 11) is 0. The first-order valence-corrected chi connectivity index (χ1v) is 6.45. The fraction of sp³-hybridized carbons (Fsp3) is 0.0667.